The fraction of sp³-hybridized carbons (Fsp3) is 0.0820. The molecule has 1 heterocycles. The van der Waals surface area contributed by atoms with E-state index in [0.717, 1.165) is 33.9 Å². The summed E-state index contributed by atoms with van der Waals surface area (Å²) in [5, 5.41) is 2.51. The molecular weight excluding hydrogens is 761 g/mol. The topological polar surface area (TPSA) is 8.17 Å². The van der Waals surface area contributed by atoms with Crippen molar-refractivity contribution in [2.24, 2.45) is 0 Å². The third-order valence-corrected chi connectivity index (χ3v) is 13.1. The molecule has 304 valence electrons. The summed E-state index contributed by atoms with van der Waals surface area (Å²) in [6.07, 6.45) is 8.36. The van der Waals surface area contributed by atoms with Crippen LogP contribution in [-0.2, 0) is 5.41 Å². The fourth-order valence-corrected chi connectivity index (χ4v) is 9.84. The summed E-state index contributed by atoms with van der Waals surface area (Å²) in [5.41, 5.74) is 21.1. The van der Waals surface area contributed by atoms with Gasteiger partial charge in [-0.05, 0) is 162 Å². The van der Waals surface area contributed by atoms with Gasteiger partial charge < -0.3 is 9.47 Å². The van der Waals surface area contributed by atoms with Gasteiger partial charge in [0, 0.05) is 38.9 Å². The van der Waals surface area contributed by atoms with Gasteiger partial charge in [-0.2, -0.15) is 0 Å². The van der Waals surface area contributed by atoms with E-state index >= 15 is 0 Å². The Balaban J connectivity index is 1.10. The molecule has 1 aliphatic carbocycles. The summed E-state index contributed by atoms with van der Waals surface area (Å²) < 4.78 is 2.38. The second-order valence-electron chi connectivity index (χ2n) is 17.0. The highest BCUT2D eigenvalue weighted by Crippen LogP contribution is 2.54. The predicted molar refractivity (Wildman–Crippen MR) is 271 cm³/mol. The Hall–Kier alpha value is -7.68. The number of rotatable bonds is 10. The number of para-hydroxylation sites is 1. The van der Waals surface area contributed by atoms with Gasteiger partial charge in [0.1, 0.15) is 0 Å². The fourth-order valence-electron chi connectivity index (χ4n) is 9.84. The van der Waals surface area contributed by atoms with Crippen LogP contribution in [0.2, 0.25) is 0 Å². The van der Waals surface area contributed by atoms with Crippen LogP contribution >= 0.6 is 0 Å². The molecule has 0 radical (unpaired) electrons. The Kier molecular flexibility index (Phi) is 10.0. The van der Waals surface area contributed by atoms with Crippen molar-refractivity contribution < 1.29 is 0 Å². The summed E-state index contributed by atoms with van der Waals surface area (Å²) in [4.78, 5) is 2.40. The number of aryl methyl sites for hydroxylation is 1. The first-order valence-corrected chi connectivity index (χ1v) is 21.8. The third kappa shape index (κ3) is 6.76. The predicted octanol–water partition coefficient (Wildman–Crippen LogP) is 16.9. The molecule has 1 aliphatic rings. The van der Waals surface area contributed by atoms with Gasteiger partial charge >= 0.3 is 0 Å². The van der Waals surface area contributed by atoms with Crippen molar-refractivity contribution >= 4 is 44.4 Å². The largest absolute Gasteiger partial charge is 0.310 e. The second-order valence-corrected chi connectivity index (χ2v) is 17.0. The van der Waals surface area contributed by atoms with Crippen LogP contribution in [0.1, 0.15) is 43.0 Å². The minimum Gasteiger partial charge on any atom is -0.310 e. The van der Waals surface area contributed by atoms with E-state index in [2.05, 4.69) is 244 Å². The van der Waals surface area contributed by atoms with Crippen LogP contribution in [0.5, 0.6) is 0 Å². The molecule has 1 atom stereocenters. The first kappa shape index (κ1) is 39.5. The summed E-state index contributed by atoms with van der Waals surface area (Å²) in [6.45, 7) is 16.9. The average Bonchev–Trinajstić information content (AvgIpc) is 3.78. The minimum absolute atomic E-state index is 0.356. The zero-order valence-electron chi connectivity index (χ0n) is 36.4. The molecule has 0 aliphatic heterocycles. The number of benzene rings is 8. The van der Waals surface area contributed by atoms with Crippen LogP contribution in [0, 0.1) is 6.92 Å². The standard InChI is InChI=1S/C61H50N2/c1-7-9-18-48(8-2)61(6)57-22-14-13-21-53(57)54-34-33-52(40-58(54)61)62(50-29-24-43(25-30-50)46-17-15-16-45(38-46)41(3)4)51-31-26-44(27-32-51)47-28-36-60-56(39-47)55-37-42(5)23-35-59(55)63(60)49-19-11-10-12-20-49/h7-40H,1,3H2,2,4-6H3/b18-9-,48-8+. The van der Waals surface area contributed by atoms with E-state index in [9.17, 15) is 0 Å². The van der Waals surface area contributed by atoms with Crippen LogP contribution in [0.15, 0.2) is 225 Å². The second kappa shape index (κ2) is 16.0. The average molecular weight is 811 g/mol. The van der Waals surface area contributed by atoms with Crippen molar-refractivity contribution in [3.8, 4) is 39.1 Å². The van der Waals surface area contributed by atoms with Crippen molar-refractivity contribution in [2.45, 2.75) is 33.1 Å². The lowest BCUT2D eigenvalue weighted by atomic mass is 9.73. The Morgan fingerprint density at radius 1 is 0.571 bits per heavy atom. The number of fused-ring (bicyclic) bond motifs is 6. The SMILES string of the molecule is C=C/C=C\C(=C/C)C1(C)c2ccccc2-c2ccc(N(c3ccc(-c4cccc(C(=C)C)c4)cc3)c3ccc(-c4ccc5c(c4)c4cc(C)ccc4n5-c4ccccc4)cc3)cc21. The molecule has 0 fully saturated rings. The Morgan fingerprint density at radius 3 is 1.86 bits per heavy atom. The smallest absolute Gasteiger partial charge is 0.0541 e. The van der Waals surface area contributed by atoms with E-state index in [1.165, 1.54) is 77.5 Å². The van der Waals surface area contributed by atoms with Gasteiger partial charge in [-0.15, -0.1) is 0 Å². The van der Waals surface area contributed by atoms with E-state index in [4.69, 9.17) is 0 Å². The monoisotopic (exact) mass is 810 g/mol. The van der Waals surface area contributed by atoms with Crippen LogP contribution in [0.25, 0.3) is 66.4 Å². The lowest BCUT2D eigenvalue weighted by Crippen LogP contribution is -2.23. The molecular formula is C61H50N2. The van der Waals surface area contributed by atoms with E-state index in [0.29, 0.717) is 0 Å². The van der Waals surface area contributed by atoms with Gasteiger partial charge in [0.15, 0.2) is 0 Å². The maximum absolute atomic E-state index is 4.19. The van der Waals surface area contributed by atoms with E-state index < -0.39 is 0 Å². The molecule has 0 bridgehead atoms. The highest BCUT2D eigenvalue weighted by molar-refractivity contribution is 6.10. The van der Waals surface area contributed by atoms with E-state index in [-0.39, 0.29) is 5.41 Å². The first-order chi connectivity index (χ1) is 30.8. The Labute approximate surface area is 371 Å². The number of allylic oxidation sites excluding steroid dienone is 6. The Bertz CT molecular complexity index is 3280. The molecule has 0 saturated heterocycles. The summed E-state index contributed by atoms with van der Waals surface area (Å²) in [5.74, 6) is 0. The third-order valence-electron chi connectivity index (χ3n) is 13.1. The molecule has 2 heteroatoms. The number of aromatic nitrogens is 1. The number of hydrogen-bond donors (Lipinski definition) is 0. The molecule has 1 unspecified atom stereocenters. The molecule has 9 aromatic rings. The van der Waals surface area contributed by atoms with Gasteiger partial charge in [-0.3, -0.25) is 0 Å². The van der Waals surface area contributed by atoms with Gasteiger partial charge in [0.2, 0.25) is 0 Å². The molecule has 63 heavy (non-hydrogen) atoms. The highest BCUT2D eigenvalue weighted by atomic mass is 15.1. The van der Waals surface area contributed by atoms with Crippen LogP contribution in [0.4, 0.5) is 17.1 Å². The first-order valence-electron chi connectivity index (χ1n) is 21.8. The van der Waals surface area contributed by atoms with E-state index in [1.54, 1.807) is 0 Å². The number of nitrogens with zero attached hydrogens (tertiary/aromatic N) is 2. The normalized spacial score (nSPS) is 14.6. The molecule has 0 N–H and O–H groups in total. The lowest BCUT2D eigenvalue weighted by Gasteiger charge is -2.31. The highest BCUT2D eigenvalue weighted by Gasteiger charge is 2.41. The molecule has 0 spiro atoms. The summed E-state index contributed by atoms with van der Waals surface area (Å²) in [6, 6.07) is 66.9. The zero-order chi connectivity index (χ0) is 43.2. The minimum atomic E-state index is -0.356. The van der Waals surface area contributed by atoms with Crippen molar-refractivity contribution in [3.63, 3.8) is 0 Å². The molecule has 0 amide bonds. The summed E-state index contributed by atoms with van der Waals surface area (Å²) in [7, 11) is 0. The summed E-state index contributed by atoms with van der Waals surface area (Å²) >= 11 is 0. The van der Waals surface area contributed by atoms with Gasteiger partial charge in [0.25, 0.3) is 0 Å². The molecule has 10 rings (SSSR count). The molecule has 2 nitrogen and oxygen atoms in total. The molecule has 0 saturated carbocycles. The number of hydrogen-bond acceptors (Lipinski definition) is 1. The Morgan fingerprint density at radius 2 is 1.17 bits per heavy atom. The van der Waals surface area contributed by atoms with Gasteiger partial charge in [-0.25, -0.2) is 0 Å². The maximum Gasteiger partial charge on any atom is 0.0541 e. The molecule has 1 aromatic heterocycles. The van der Waals surface area contributed by atoms with Crippen molar-refractivity contribution in [2.75, 3.05) is 4.90 Å². The van der Waals surface area contributed by atoms with E-state index in [1.807, 2.05) is 12.2 Å². The van der Waals surface area contributed by atoms with Gasteiger partial charge in [-0.1, -0.05) is 152 Å². The van der Waals surface area contributed by atoms with Crippen LogP contribution < -0.4 is 4.90 Å². The quantitative estimate of drug-likeness (QED) is 0.125. The van der Waals surface area contributed by atoms with Gasteiger partial charge in [0.05, 0.1) is 11.0 Å². The molecule has 8 aromatic carbocycles. The zero-order valence-corrected chi connectivity index (χ0v) is 36.4. The van der Waals surface area contributed by atoms with Crippen molar-refractivity contribution in [3.05, 3.63) is 247 Å². The van der Waals surface area contributed by atoms with Crippen LogP contribution in [0.3, 0.4) is 0 Å². The van der Waals surface area contributed by atoms with Crippen molar-refractivity contribution in [1.82, 2.24) is 4.57 Å². The number of anilines is 3. The van der Waals surface area contributed by atoms with Crippen LogP contribution in [-0.4, -0.2) is 4.57 Å². The lowest BCUT2D eigenvalue weighted by molar-refractivity contribution is 0.711. The van der Waals surface area contributed by atoms with Crippen molar-refractivity contribution in [1.29, 1.82) is 0 Å². The maximum atomic E-state index is 4.19.